The van der Waals surface area contributed by atoms with Gasteiger partial charge in [0.1, 0.15) is 5.01 Å². The number of benzene rings is 1. The van der Waals surface area contributed by atoms with E-state index in [4.69, 9.17) is 5.73 Å². The highest BCUT2D eigenvalue weighted by molar-refractivity contribution is 7.15. The summed E-state index contributed by atoms with van der Waals surface area (Å²) >= 11 is 1.69. The van der Waals surface area contributed by atoms with Crippen molar-refractivity contribution in [2.75, 3.05) is 0 Å². The van der Waals surface area contributed by atoms with Gasteiger partial charge in [0.15, 0.2) is 0 Å². The van der Waals surface area contributed by atoms with Crippen LogP contribution >= 0.6 is 11.3 Å². The molecule has 3 heteroatoms. The summed E-state index contributed by atoms with van der Waals surface area (Å²) in [5, 5.41) is 1.01. The summed E-state index contributed by atoms with van der Waals surface area (Å²) in [5.74, 6) is 0. The molecular formula is C12H14N2S. The van der Waals surface area contributed by atoms with Crippen LogP contribution in [-0.2, 0) is 6.54 Å². The molecule has 2 rings (SSSR count). The second-order valence-corrected chi connectivity index (χ2v) is 4.62. The highest BCUT2D eigenvalue weighted by atomic mass is 32.1. The van der Waals surface area contributed by atoms with E-state index in [1.165, 1.54) is 16.0 Å². The Morgan fingerprint density at radius 1 is 1.27 bits per heavy atom. The van der Waals surface area contributed by atoms with Gasteiger partial charge in [-0.15, -0.1) is 11.3 Å². The molecule has 0 radical (unpaired) electrons. The van der Waals surface area contributed by atoms with E-state index in [1.807, 2.05) is 6.92 Å². The van der Waals surface area contributed by atoms with Crippen LogP contribution in [-0.4, -0.2) is 4.98 Å². The van der Waals surface area contributed by atoms with Gasteiger partial charge in [-0.2, -0.15) is 0 Å². The van der Waals surface area contributed by atoms with Gasteiger partial charge in [0.05, 0.1) is 10.6 Å². The molecule has 0 saturated heterocycles. The van der Waals surface area contributed by atoms with Crippen molar-refractivity contribution in [1.29, 1.82) is 0 Å². The van der Waals surface area contributed by atoms with Crippen molar-refractivity contribution in [3.05, 3.63) is 40.5 Å². The minimum absolute atomic E-state index is 0.525. The molecule has 2 N–H and O–H groups in total. The van der Waals surface area contributed by atoms with Gasteiger partial charge < -0.3 is 5.73 Å². The Kier molecular flexibility index (Phi) is 2.84. The van der Waals surface area contributed by atoms with E-state index >= 15 is 0 Å². The van der Waals surface area contributed by atoms with Crippen molar-refractivity contribution in [2.45, 2.75) is 20.4 Å². The SMILES string of the molecule is Cc1ccccc1-c1sc(CN)nc1C. The first-order valence-electron chi connectivity index (χ1n) is 4.94. The molecule has 0 unspecified atom stereocenters. The van der Waals surface area contributed by atoms with Crippen LogP contribution in [0.4, 0.5) is 0 Å². The predicted molar refractivity (Wildman–Crippen MR) is 64.9 cm³/mol. The fourth-order valence-electron chi connectivity index (χ4n) is 1.62. The molecule has 0 bridgehead atoms. The minimum atomic E-state index is 0.525. The highest BCUT2D eigenvalue weighted by Gasteiger charge is 2.09. The molecule has 0 saturated carbocycles. The molecule has 1 aromatic heterocycles. The Morgan fingerprint density at radius 3 is 2.60 bits per heavy atom. The maximum Gasteiger partial charge on any atom is 0.107 e. The lowest BCUT2D eigenvalue weighted by molar-refractivity contribution is 1.02. The minimum Gasteiger partial charge on any atom is -0.325 e. The van der Waals surface area contributed by atoms with Gasteiger partial charge in [-0.1, -0.05) is 24.3 Å². The van der Waals surface area contributed by atoms with Crippen LogP contribution in [0.3, 0.4) is 0 Å². The molecule has 0 fully saturated rings. The largest absolute Gasteiger partial charge is 0.325 e. The van der Waals surface area contributed by atoms with Crippen molar-refractivity contribution >= 4 is 11.3 Å². The summed E-state index contributed by atoms with van der Waals surface area (Å²) in [6, 6.07) is 8.37. The lowest BCUT2D eigenvalue weighted by Crippen LogP contribution is -1.94. The number of hydrogen-bond donors (Lipinski definition) is 1. The number of aromatic nitrogens is 1. The predicted octanol–water partition coefficient (Wildman–Crippen LogP) is 2.89. The standard InChI is InChI=1S/C12H14N2S/c1-8-5-3-4-6-10(8)12-9(2)14-11(7-13)15-12/h3-6H,7,13H2,1-2H3. The number of thiazole rings is 1. The van der Waals surface area contributed by atoms with E-state index in [-0.39, 0.29) is 0 Å². The summed E-state index contributed by atoms with van der Waals surface area (Å²) in [6.45, 7) is 4.69. The molecule has 2 nitrogen and oxygen atoms in total. The van der Waals surface area contributed by atoms with E-state index < -0.39 is 0 Å². The third-order valence-corrected chi connectivity index (χ3v) is 3.62. The molecule has 1 heterocycles. The third-order valence-electron chi connectivity index (χ3n) is 2.41. The Labute approximate surface area is 93.8 Å². The van der Waals surface area contributed by atoms with Crippen LogP contribution in [0.25, 0.3) is 10.4 Å². The topological polar surface area (TPSA) is 38.9 Å². The number of nitrogens with zero attached hydrogens (tertiary/aromatic N) is 1. The molecule has 0 atom stereocenters. The van der Waals surface area contributed by atoms with Gasteiger partial charge in [0.2, 0.25) is 0 Å². The quantitative estimate of drug-likeness (QED) is 0.841. The molecule has 0 aliphatic rings. The number of nitrogens with two attached hydrogens (primary N) is 1. The summed E-state index contributed by atoms with van der Waals surface area (Å²) in [7, 11) is 0. The zero-order valence-electron chi connectivity index (χ0n) is 8.95. The van der Waals surface area contributed by atoms with Crippen LogP contribution in [0.2, 0.25) is 0 Å². The molecule has 1 aromatic carbocycles. The summed E-state index contributed by atoms with van der Waals surface area (Å²) in [4.78, 5) is 5.68. The van der Waals surface area contributed by atoms with E-state index in [2.05, 4.69) is 36.2 Å². The van der Waals surface area contributed by atoms with E-state index in [0.717, 1.165) is 10.7 Å². The number of aryl methyl sites for hydroxylation is 2. The summed E-state index contributed by atoms with van der Waals surface area (Å²) < 4.78 is 0. The van der Waals surface area contributed by atoms with Crippen molar-refractivity contribution in [3.63, 3.8) is 0 Å². The second kappa shape index (κ2) is 4.13. The van der Waals surface area contributed by atoms with Crippen LogP contribution < -0.4 is 5.73 Å². The maximum absolute atomic E-state index is 5.60. The second-order valence-electron chi connectivity index (χ2n) is 3.54. The van der Waals surface area contributed by atoms with Gasteiger partial charge >= 0.3 is 0 Å². The van der Waals surface area contributed by atoms with Crippen molar-refractivity contribution in [2.24, 2.45) is 5.73 Å². The van der Waals surface area contributed by atoms with E-state index in [9.17, 15) is 0 Å². The first-order chi connectivity index (χ1) is 7.22. The monoisotopic (exact) mass is 218 g/mol. The van der Waals surface area contributed by atoms with Gasteiger partial charge in [0.25, 0.3) is 0 Å². The van der Waals surface area contributed by atoms with Crippen LogP contribution in [0, 0.1) is 13.8 Å². The molecule has 0 spiro atoms. The third kappa shape index (κ3) is 1.94. The summed E-state index contributed by atoms with van der Waals surface area (Å²) in [6.07, 6.45) is 0. The Hall–Kier alpha value is -1.19. The smallest absolute Gasteiger partial charge is 0.107 e. The average Bonchev–Trinajstić information content (AvgIpc) is 2.60. The fraction of sp³-hybridized carbons (Fsp3) is 0.250. The van der Waals surface area contributed by atoms with Gasteiger partial charge in [-0.3, -0.25) is 0 Å². The van der Waals surface area contributed by atoms with E-state index in [0.29, 0.717) is 6.54 Å². The number of rotatable bonds is 2. The fourth-order valence-corrected chi connectivity index (χ4v) is 2.65. The molecule has 78 valence electrons. The molecular weight excluding hydrogens is 204 g/mol. The molecule has 0 aliphatic heterocycles. The molecule has 0 amide bonds. The Morgan fingerprint density at radius 2 is 2.00 bits per heavy atom. The first-order valence-corrected chi connectivity index (χ1v) is 5.76. The zero-order valence-corrected chi connectivity index (χ0v) is 9.77. The lowest BCUT2D eigenvalue weighted by Gasteiger charge is -2.02. The van der Waals surface area contributed by atoms with Crippen LogP contribution in [0.15, 0.2) is 24.3 Å². The average molecular weight is 218 g/mol. The van der Waals surface area contributed by atoms with Gasteiger partial charge in [0, 0.05) is 6.54 Å². The maximum atomic E-state index is 5.60. The molecule has 0 aliphatic carbocycles. The molecule has 15 heavy (non-hydrogen) atoms. The van der Waals surface area contributed by atoms with Crippen molar-refractivity contribution in [3.8, 4) is 10.4 Å². The van der Waals surface area contributed by atoms with Crippen molar-refractivity contribution < 1.29 is 0 Å². The normalized spacial score (nSPS) is 10.6. The Bertz CT molecular complexity index is 474. The number of hydrogen-bond acceptors (Lipinski definition) is 3. The van der Waals surface area contributed by atoms with Gasteiger partial charge in [-0.05, 0) is 25.0 Å². The van der Waals surface area contributed by atoms with Crippen LogP contribution in [0.1, 0.15) is 16.3 Å². The zero-order chi connectivity index (χ0) is 10.8. The summed E-state index contributed by atoms with van der Waals surface area (Å²) in [5.41, 5.74) is 9.23. The highest BCUT2D eigenvalue weighted by Crippen LogP contribution is 2.31. The van der Waals surface area contributed by atoms with E-state index in [1.54, 1.807) is 11.3 Å². The van der Waals surface area contributed by atoms with Crippen molar-refractivity contribution in [1.82, 2.24) is 4.98 Å². The first kappa shape index (κ1) is 10.3. The van der Waals surface area contributed by atoms with Gasteiger partial charge in [-0.25, -0.2) is 4.98 Å². The molecule has 2 aromatic rings. The Balaban J connectivity index is 2.54. The lowest BCUT2D eigenvalue weighted by atomic mass is 10.1. The van der Waals surface area contributed by atoms with Crippen LogP contribution in [0.5, 0.6) is 0 Å².